The van der Waals surface area contributed by atoms with Crippen LogP contribution in [0.2, 0.25) is 0 Å². The molecule has 0 radical (unpaired) electrons. The molecule has 3 heterocycles. The van der Waals surface area contributed by atoms with Gasteiger partial charge in [0.1, 0.15) is 5.58 Å². The Morgan fingerprint density at radius 3 is 2.59 bits per heavy atom. The van der Waals surface area contributed by atoms with Gasteiger partial charge in [-0.3, -0.25) is 14.5 Å². The van der Waals surface area contributed by atoms with Crippen molar-refractivity contribution in [3.8, 4) is 0 Å². The van der Waals surface area contributed by atoms with Crippen LogP contribution >= 0.6 is 27.3 Å². The molecule has 2 aromatic carbocycles. The van der Waals surface area contributed by atoms with Gasteiger partial charge in [-0.05, 0) is 29.8 Å². The second-order valence-electron chi connectivity index (χ2n) is 6.11. The Bertz CT molecular complexity index is 1230. The summed E-state index contributed by atoms with van der Waals surface area (Å²) in [5.41, 5.74) is 1.40. The quantitative estimate of drug-likeness (QED) is 0.452. The maximum Gasteiger partial charge on any atom is 0.297 e. The molecule has 2 aromatic heterocycles. The van der Waals surface area contributed by atoms with E-state index in [1.54, 1.807) is 40.7 Å². The van der Waals surface area contributed by atoms with Gasteiger partial charge in [0, 0.05) is 16.0 Å². The average Bonchev–Trinajstić information content (AvgIpc) is 3.30. The fourth-order valence-corrected chi connectivity index (χ4v) is 4.34. The summed E-state index contributed by atoms with van der Waals surface area (Å²) in [6.45, 7) is 0. The van der Waals surface area contributed by atoms with Crippen LogP contribution in [0.5, 0.6) is 0 Å². The lowest BCUT2D eigenvalue weighted by Crippen LogP contribution is -2.29. The highest BCUT2D eigenvalue weighted by atomic mass is 79.9. The van der Waals surface area contributed by atoms with Crippen molar-refractivity contribution in [3.05, 3.63) is 91.7 Å². The molecule has 0 saturated carbocycles. The fourth-order valence-electron chi connectivity index (χ4n) is 3.41. The van der Waals surface area contributed by atoms with Gasteiger partial charge in [0.15, 0.2) is 10.6 Å². The molecular formula is C20H11BrN2O3S. The summed E-state index contributed by atoms with van der Waals surface area (Å²) in [4.78, 5) is 32.3. The zero-order chi connectivity index (χ0) is 18.5. The third kappa shape index (κ3) is 2.46. The summed E-state index contributed by atoms with van der Waals surface area (Å²) in [6, 6.07) is 14.0. The lowest BCUT2D eigenvalue weighted by Gasteiger charge is -2.22. The van der Waals surface area contributed by atoms with Crippen molar-refractivity contribution in [2.45, 2.75) is 6.04 Å². The highest BCUT2D eigenvalue weighted by Crippen LogP contribution is 2.41. The summed E-state index contributed by atoms with van der Waals surface area (Å²) >= 11 is 4.77. The van der Waals surface area contributed by atoms with Crippen LogP contribution in [0.4, 0.5) is 5.13 Å². The zero-order valence-corrected chi connectivity index (χ0v) is 16.2. The van der Waals surface area contributed by atoms with Gasteiger partial charge in [-0.25, -0.2) is 4.98 Å². The van der Waals surface area contributed by atoms with E-state index in [1.807, 2.05) is 24.3 Å². The maximum absolute atomic E-state index is 13.3. The van der Waals surface area contributed by atoms with Crippen LogP contribution in [-0.4, -0.2) is 10.9 Å². The smallest absolute Gasteiger partial charge is 0.297 e. The Morgan fingerprint density at radius 2 is 1.85 bits per heavy atom. The first-order valence-electron chi connectivity index (χ1n) is 8.19. The van der Waals surface area contributed by atoms with Gasteiger partial charge >= 0.3 is 0 Å². The number of thiazole rings is 1. The van der Waals surface area contributed by atoms with Crippen molar-refractivity contribution in [2.75, 3.05) is 4.90 Å². The molecule has 1 amide bonds. The molecule has 132 valence electrons. The molecule has 0 fully saturated rings. The second kappa shape index (κ2) is 6.14. The zero-order valence-electron chi connectivity index (χ0n) is 13.8. The number of aromatic nitrogens is 1. The standard InChI is InChI=1S/C20H11BrN2O3S/c21-12-7-5-11(6-8-12)16-15-17(24)13-3-1-2-4-14(13)26-18(15)19(25)23(16)20-22-9-10-27-20/h1-10,16H. The van der Waals surface area contributed by atoms with Crippen LogP contribution in [0.3, 0.4) is 0 Å². The van der Waals surface area contributed by atoms with E-state index in [2.05, 4.69) is 20.9 Å². The Morgan fingerprint density at radius 1 is 1.07 bits per heavy atom. The molecule has 27 heavy (non-hydrogen) atoms. The molecule has 5 nitrogen and oxygen atoms in total. The Hall–Kier alpha value is -2.77. The summed E-state index contributed by atoms with van der Waals surface area (Å²) < 4.78 is 6.80. The highest BCUT2D eigenvalue weighted by molar-refractivity contribution is 9.10. The van der Waals surface area contributed by atoms with Gasteiger partial charge in [0.2, 0.25) is 5.76 Å². The van der Waals surface area contributed by atoms with Crippen molar-refractivity contribution in [1.82, 2.24) is 4.98 Å². The van der Waals surface area contributed by atoms with E-state index in [0.29, 0.717) is 21.7 Å². The highest BCUT2D eigenvalue weighted by Gasteiger charge is 2.44. The average molecular weight is 439 g/mol. The van der Waals surface area contributed by atoms with E-state index in [0.717, 1.165) is 10.0 Å². The number of halogens is 1. The first-order valence-corrected chi connectivity index (χ1v) is 9.86. The monoisotopic (exact) mass is 438 g/mol. The molecule has 0 saturated heterocycles. The van der Waals surface area contributed by atoms with Crippen molar-refractivity contribution in [3.63, 3.8) is 0 Å². The van der Waals surface area contributed by atoms with Crippen molar-refractivity contribution in [1.29, 1.82) is 0 Å². The summed E-state index contributed by atoms with van der Waals surface area (Å²) in [7, 11) is 0. The third-order valence-electron chi connectivity index (χ3n) is 4.59. The largest absolute Gasteiger partial charge is 0.450 e. The number of para-hydroxylation sites is 1. The van der Waals surface area contributed by atoms with Crippen molar-refractivity contribution in [2.24, 2.45) is 0 Å². The van der Waals surface area contributed by atoms with Gasteiger partial charge in [-0.2, -0.15) is 0 Å². The van der Waals surface area contributed by atoms with E-state index >= 15 is 0 Å². The number of hydrogen-bond acceptors (Lipinski definition) is 5. The molecule has 1 aliphatic rings. The van der Waals surface area contributed by atoms with Crippen LogP contribution < -0.4 is 10.3 Å². The van der Waals surface area contributed by atoms with Gasteiger partial charge < -0.3 is 4.42 Å². The minimum atomic E-state index is -0.576. The van der Waals surface area contributed by atoms with Crippen LogP contribution in [0.15, 0.2) is 73.8 Å². The van der Waals surface area contributed by atoms with E-state index in [9.17, 15) is 9.59 Å². The molecule has 7 heteroatoms. The van der Waals surface area contributed by atoms with E-state index in [-0.39, 0.29) is 17.1 Å². The number of amides is 1. The molecule has 5 rings (SSSR count). The molecule has 0 spiro atoms. The predicted molar refractivity (Wildman–Crippen MR) is 107 cm³/mol. The molecule has 1 atom stereocenters. The van der Waals surface area contributed by atoms with Crippen LogP contribution in [0, 0.1) is 0 Å². The summed E-state index contributed by atoms with van der Waals surface area (Å²) in [6.07, 6.45) is 1.64. The number of hydrogen-bond donors (Lipinski definition) is 0. The Balaban J connectivity index is 1.83. The fraction of sp³-hybridized carbons (Fsp3) is 0.0500. The molecule has 0 N–H and O–H groups in total. The number of fused-ring (bicyclic) bond motifs is 2. The van der Waals surface area contributed by atoms with Gasteiger partial charge in [0.05, 0.1) is 17.0 Å². The van der Waals surface area contributed by atoms with Gasteiger partial charge in [0.25, 0.3) is 5.91 Å². The molecule has 0 aliphatic carbocycles. The number of carbonyl (C=O) groups excluding carboxylic acids is 1. The third-order valence-corrected chi connectivity index (χ3v) is 5.89. The second-order valence-corrected chi connectivity index (χ2v) is 7.90. The molecular weight excluding hydrogens is 428 g/mol. The number of nitrogens with zero attached hydrogens (tertiary/aromatic N) is 2. The minimum absolute atomic E-state index is 0.0850. The molecule has 4 aromatic rings. The molecule has 1 unspecified atom stereocenters. The van der Waals surface area contributed by atoms with E-state index in [1.165, 1.54) is 11.3 Å². The SMILES string of the molecule is O=C1c2oc3ccccc3c(=O)c2C(c2ccc(Br)cc2)N1c1nccs1. The Labute approximate surface area is 166 Å². The maximum atomic E-state index is 13.3. The van der Waals surface area contributed by atoms with Crippen LogP contribution in [0.25, 0.3) is 11.0 Å². The Kier molecular flexibility index (Phi) is 3.73. The minimum Gasteiger partial charge on any atom is -0.450 e. The van der Waals surface area contributed by atoms with Crippen molar-refractivity contribution < 1.29 is 9.21 Å². The van der Waals surface area contributed by atoms with Crippen LogP contribution in [-0.2, 0) is 0 Å². The van der Waals surface area contributed by atoms with Crippen molar-refractivity contribution >= 4 is 49.3 Å². The lowest BCUT2D eigenvalue weighted by molar-refractivity contribution is 0.0971. The van der Waals surface area contributed by atoms with Gasteiger partial charge in [-0.15, -0.1) is 11.3 Å². The first kappa shape index (κ1) is 16.4. The summed E-state index contributed by atoms with van der Waals surface area (Å²) in [5, 5.41) is 2.80. The molecule has 1 aliphatic heterocycles. The van der Waals surface area contributed by atoms with E-state index < -0.39 is 6.04 Å². The lowest BCUT2D eigenvalue weighted by atomic mass is 9.99. The number of benzene rings is 2. The number of anilines is 1. The van der Waals surface area contributed by atoms with E-state index in [4.69, 9.17) is 4.42 Å². The first-order chi connectivity index (χ1) is 13.1. The normalized spacial score (nSPS) is 16.1. The topological polar surface area (TPSA) is 63.4 Å². The molecule has 0 bridgehead atoms. The summed E-state index contributed by atoms with van der Waals surface area (Å²) in [5.74, 6) is -0.266. The predicted octanol–water partition coefficient (Wildman–Crippen LogP) is 4.76. The number of rotatable bonds is 2. The van der Waals surface area contributed by atoms with Gasteiger partial charge in [-0.1, -0.05) is 40.2 Å². The number of carbonyl (C=O) groups is 1. The van der Waals surface area contributed by atoms with Crippen LogP contribution in [0.1, 0.15) is 27.7 Å².